The highest BCUT2D eigenvalue weighted by molar-refractivity contribution is 9.10. The van der Waals surface area contributed by atoms with Crippen molar-refractivity contribution in [2.45, 2.75) is 17.6 Å². The molecule has 0 radical (unpaired) electrons. The zero-order chi connectivity index (χ0) is 16.9. The van der Waals surface area contributed by atoms with E-state index in [1.165, 1.54) is 11.8 Å². The normalized spacial score (nSPS) is 10.6. The number of aromatic nitrogens is 3. The highest BCUT2D eigenvalue weighted by Gasteiger charge is 2.13. The molecule has 3 aromatic rings. The van der Waals surface area contributed by atoms with Gasteiger partial charge in [0.1, 0.15) is 5.82 Å². The number of nitrogens with one attached hydrogen (secondary N) is 1. The molecule has 6 nitrogen and oxygen atoms in total. The van der Waals surface area contributed by atoms with Crippen LogP contribution in [0.4, 0.5) is 5.82 Å². The number of thioether (sulfide) groups is 1. The number of carbonyl (C=O) groups excluding carboxylic acids is 1. The number of rotatable bonds is 5. The number of benzene rings is 1. The SMILES string of the molecule is Cc1noc(CSc2ccccc2C(=O)Nc2ccc(Br)cn2)n1. The predicted molar refractivity (Wildman–Crippen MR) is 94.9 cm³/mol. The highest BCUT2D eigenvalue weighted by Crippen LogP contribution is 2.26. The van der Waals surface area contributed by atoms with E-state index in [1.807, 2.05) is 24.3 Å². The van der Waals surface area contributed by atoms with E-state index in [1.54, 1.807) is 25.3 Å². The van der Waals surface area contributed by atoms with E-state index in [9.17, 15) is 4.79 Å². The lowest BCUT2D eigenvalue weighted by atomic mass is 10.2. The summed E-state index contributed by atoms with van der Waals surface area (Å²) < 4.78 is 5.95. The van der Waals surface area contributed by atoms with Gasteiger partial charge in [-0.25, -0.2) is 4.98 Å². The summed E-state index contributed by atoms with van der Waals surface area (Å²) in [5.41, 5.74) is 0.573. The standard InChI is InChI=1S/C16H13BrN4O2S/c1-10-19-15(23-21-10)9-24-13-5-3-2-4-12(13)16(22)20-14-7-6-11(17)8-18-14/h2-8H,9H2,1H3,(H,18,20,22). The fraction of sp³-hybridized carbons (Fsp3) is 0.125. The largest absolute Gasteiger partial charge is 0.338 e. The number of amides is 1. The minimum Gasteiger partial charge on any atom is -0.338 e. The number of hydrogen-bond acceptors (Lipinski definition) is 6. The van der Waals surface area contributed by atoms with Gasteiger partial charge in [-0.15, -0.1) is 11.8 Å². The van der Waals surface area contributed by atoms with Crippen LogP contribution in [-0.4, -0.2) is 21.0 Å². The first-order valence-corrected chi connectivity index (χ1v) is 8.83. The van der Waals surface area contributed by atoms with Gasteiger partial charge in [0.05, 0.1) is 11.3 Å². The van der Waals surface area contributed by atoms with Crippen LogP contribution in [0.1, 0.15) is 22.1 Å². The second kappa shape index (κ2) is 7.59. The molecule has 122 valence electrons. The molecule has 0 aliphatic carbocycles. The van der Waals surface area contributed by atoms with E-state index in [0.717, 1.165) is 9.37 Å². The lowest BCUT2D eigenvalue weighted by Gasteiger charge is -2.08. The van der Waals surface area contributed by atoms with Crippen LogP contribution in [0.25, 0.3) is 0 Å². The number of hydrogen-bond donors (Lipinski definition) is 1. The van der Waals surface area contributed by atoms with Gasteiger partial charge in [-0.1, -0.05) is 17.3 Å². The molecular weight excluding hydrogens is 392 g/mol. The van der Waals surface area contributed by atoms with E-state index in [0.29, 0.717) is 28.8 Å². The second-order valence-electron chi connectivity index (χ2n) is 4.84. The summed E-state index contributed by atoms with van der Waals surface area (Å²) in [6.45, 7) is 1.77. The van der Waals surface area contributed by atoms with E-state index in [4.69, 9.17) is 4.52 Å². The van der Waals surface area contributed by atoms with Crippen LogP contribution in [0, 0.1) is 6.92 Å². The molecule has 0 bridgehead atoms. The van der Waals surface area contributed by atoms with Crippen LogP contribution < -0.4 is 5.32 Å². The molecule has 0 saturated heterocycles. The van der Waals surface area contributed by atoms with Crippen molar-refractivity contribution in [3.05, 3.63) is 64.3 Å². The third-order valence-electron chi connectivity index (χ3n) is 3.02. The number of aryl methyl sites for hydroxylation is 1. The summed E-state index contributed by atoms with van der Waals surface area (Å²) in [6, 6.07) is 10.9. The van der Waals surface area contributed by atoms with E-state index >= 15 is 0 Å². The zero-order valence-electron chi connectivity index (χ0n) is 12.7. The van der Waals surface area contributed by atoms with Gasteiger partial charge < -0.3 is 9.84 Å². The summed E-state index contributed by atoms with van der Waals surface area (Å²) in [6.07, 6.45) is 1.63. The first-order chi connectivity index (χ1) is 11.6. The van der Waals surface area contributed by atoms with Gasteiger partial charge in [0, 0.05) is 15.6 Å². The van der Waals surface area contributed by atoms with Crippen molar-refractivity contribution in [1.82, 2.24) is 15.1 Å². The third-order valence-corrected chi connectivity index (χ3v) is 4.55. The summed E-state index contributed by atoms with van der Waals surface area (Å²) in [7, 11) is 0. The van der Waals surface area contributed by atoms with Gasteiger partial charge >= 0.3 is 0 Å². The first kappa shape index (κ1) is 16.7. The zero-order valence-corrected chi connectivity index (χ0v) is 15.1. The van der Waals surface area contributed by atoms with Crippen LogP contribution in [-0.2, 0) is 5.75 Å². The van der Waals surface area contributed by atoms with Crippen LogP contribution in [0.2, 0.25) is 0 Å². The Bertz CT molecular complexity index is 851. The Morgan fingerprint density at radius 2 is 2.12 bits per heavy atom. The number of carbonyl (C=O) groups is 1. The van der Waals surface area contributed by atoms with Crippen molar-refractivity contribution in [3.8, 4) is 0 Å². The molecule has 0 fully saturated rings. The molecular formula is C16H13BrN4O2S. The smallest absolute Gasteiger partial charge is 0.257 e. The van der Waals surface area contributed by atoms with Crippen molar-refractivity contribution in [2.75, 3.05) is 5.32 Å². The minimum atomic E-state index is -0.213. The monoisotopic (exact) mass is 404 g/mol. The lowest BCUT2D eigenvalue weighted by molar-refractivity contribution is 0.102. The quantitative estimate of drug-likeness (QED) is 0.645. The van der Waals surface area contributed by atoms with Crippen LogP contribution >= 0.6 is 27.7 Å². The lowest BCUT2D eigenvalue weighted by Crippen LogP contribution is -2.13. The molecule has 0 spiro atoms. The maximum atomic E-state index is 12.5. The molecule has 24 heavy (non-hydrogen) atoms. The van der Waals surface area contributed by atoms with Crippen LogP contribution in [0.3, 0.4) is 0 Å². The fourth-order valence-electron chi connectivity index (χ4n) is 1.95. The molecule has 3 rings (SSSR count). The average Bonchev–Trinajstić information content (AvgIpc) is 3.01. The van der Waals surface area contributed by atoms with Crippen molar-refractivity contribution in [1.29, 1.82) is 0 Å². The molecule has 2 aromatic heterocycles. The fourth-order valence-corrected chi connectivity index (χ4v) is 3.07. The maximum Gasteiger partial charge on any atom is 0.257 e. The number of nitrogens with zero attached hydrogens (tertiary/aromatic N) is 3. The van der Waals surface area contributed by atoms with E-state index in [-0.39, 0.29) is 5.91 Å². The van der Waals surface area contributed by atoms with Gasteiger partial charge in [0.25, 0.3) is 5.91 Å². The second-order valence-corrected chi connectivity index (χ2v) is 6.77. The summed E-state index contributed by atoms with van der Waals surface area (Å²) in [5.74, 6) is 1.91. The number of halogens is 1. The Morgan fingerprint density at radius 3 is 2.83 bits per heavy atom. The number of pyridine rings is 1. The van der Waals surface area contributed by atoms with E-state index in [2.05, 4.69) is 36.4 Å². The Hall–Kier alpha value is -2.19. The summed E-state index contributed by atoms with van der Waals surface area (Å²) >= 11 is 4.78. The topological polar surface area (TPSA) is 80.9 Å². The third kappa shape index (κ3) is 4.21. The molecule has 1 aromatic carbocycles. The van der Waals surface area contributed by atoms with Crippen molar-refractivity contribution in [3.63, 3.8) is 0 Å². The molecule has 1 amide bonds. The number of anilines is 1. The van der Waals surface area contributed by atoms with Gasteiger partial charge in [0.2, 0.25) is 5.89 Å². The maximum absolute atomic E-state index is 12.5. The van der Waals surface area contributed by atoms with Gasteiger partial charge in [0.15, 0.2) is 5.82 Å². The van der Waals surface area contributed by atoms with Gasteiger partial charge in [-0.2, -0.15) is 4.98 Å². The molecule has 0 aliphatic heterocycles. The molecule has 1 N–H and O–H groups in total. The molecule has 0 atom stereocenters. The van der Waals surface area contributed by atoms with Crippen LogP contribution in [0.15, 0.2) is 56.5 Å². The van der Waals surface area contributed by atoms with Gasteiger partial charge in [-0.05, 0) is 47.1 Å². The Labute approximate surface area is 151 Å². The van der Waals surface area contributed by atoms with Crippen molar-refractivity contribution < 1.29 is 9.32 Å². The molecule has 0 unspecified atom stereocenters. The molecule has 0 saturated carbocycles. The van der Waals surface area contributed by atoms with Gasteiger partial charge in [-0.3, -0.25) is 4.79 Å². The Balaban J connectivity index is 1.72. The average molecular weight is 405 g/mol. The summed E-state index contributed by atoms with van der Waals surface area (Å²) in [5, 5.41) is 6.55. The summed E-state index contributed by atoms with van der Waals surface area (Å²) in [4.78, 5) is 21.7. The minimum absolute atomic E-state index is 0.213. The molecule has 2 heterocycles. The van der Waals surface area contributed by atoms with E-state index < -0.39 is 0 Å². The Morgan fingerprint density at radius 1 is 1.29 bits per heavy atom. The molecule has 8 heteroatoms. The Kier molecular flexibility index (Phi) is 5.27. The van der Waals surface area contributed by atoms with Crippen molar-refractivity contribution in [2.24, 2.45) is 0 Å². The predicted octanol–water partition coefficient (Wildman–Crippen LogP) is 4.08. The molecule has 0 aliphatic rings. The van der Waals surface area contributed by atoms with Crippen LogP contribution in [0.5, 0.6) is 0 Å². The van der Waals surface area contributed by atoms with Crippen molar-refractivity contribution >= 4 is 39.4 Å². The first-order valence-electron chi connectivity index (χ1n) is 7.06. The highest BCUT2D eigenvalue weighted by atomic mass is 79.9.